The number of benzene rings is 8. The number of rotatable bonds is 3. The number of nitrogens with zero attached hydrogens (tertiary/aromatic N) is 3. The monoisotopic (exact) mass is 711 g/mol. The molecular formula is C47H25N3OS2. The fraction of sp³-hybridized carbons (Fsp3) is 0. The van der Waals surface area contributed by atoms with Gasteiger partial charge in [-0.3, -0.25) is 0 Å². The Morgan fingerprint density at radius 2 is 0.849 bits per heavy atom. The van der Waals surface area contributed by atoms with Gasteiger partial charge in [0.25, 0.3) is 0 Å². The summed E-state index contributed by atoms with van der Waals surface area (Å²) >= 11 is 3.66. The van der Waals surface area contributed by atoms with Crippen molar-refractivity contribution in [1.29, 1.82) is 0 Å². The number of furan rings is 1. The largest absolute Gasteiger partial charge is 0.456 e. The Morgan fingerprint density at radius 3 is 1.45 bits per heavy atom. The predicted octanol–water partition coefficient (Wildman–Crippen LogP) is 13.8. The molecular weight excluding hydrogens is 687 g/mol. The molecule has 0 spiro atoms. The quantitative estimate of drug-likeness (QED) is 0.183. The van der Waals surface area contributed by atoms with Crippen LogP contribution in [0.1, 0.15) is 0 Å². The normalized spacial score (nSPS) is 12.2. The van der Waals surface area contributed by atoms with Crippen molar-refractivity contribution in [1.82, 2.24) is 15.0 Å². The third-order valence-corrected chi connectivity index (χ3v) is 12.9. The minimum Gasteiger partial charge on any atom is -0.456 e. The zero-order valence-corrected chi connectivity index (χ0v) is 29.6. The van der Waals surface area contributed by atoms with Crippen LogP contribution in [-0.2, 0) is 0 Å². The number of thiophene rings is 2. The average molecular weight is 712 g/mol. The summed E-state index contributed by atoms with van der Waals surface area (Å²) in [6.45, 7) is 0. The summed E-state index contributed by atoms with van der Waals surface area (Å²) in [7, 11) is 0. The maximum absolute atomic E-state index is 6.22. The van der Waals surface area contributed by atoms with E-state index in [1.54, 1.807) is 0 Å². The van der Waals surface area contributed by atoms with Gasteiger partial charge < -0.3 is 4.42 Å². The van der Waals surface area contributed by atoms with Gasteiger partial charge in [0.15, 0.2) is 17.5 Å². The molecule has 0 aliphatic carbocycles. The first kappa shape index (κ1) is 29.1. The van der Waals surface area contributed by atoms with Gasteiger partial charge in [-0.05, 0) is 70.1 Å². The molecule has 0 saturated heterocycles. The summed E-state index contributed by atoms with van der Waals surface area (Å²) in [5.41, 5.74) is 4.62. The highest BCUT2D eigenvalue weighted by atomic mass is 32.1. The van der Waals surface area contributed by atoms with Crippen LogP contribution in [0.3, 0.4) is 0 Å². The predicted molar refractivity (Wildman–Crippen MR) is 224 cm³/mol. The number of para-hydroxylation sites is 1. The second-order valence-corrected chi connectivity index (χ2v) is 15.6. The number of fused-ring (bicyclic) bond motifs is 13. The molecule has 12 aromatic rings. The summed E-state index contributed by atoms with van der Waals surface area (Å²) in [5.74, 6) is 1.93. The molecule has 53 heavy (non-hydrogen) atoms. The Hall–Kier alpha value is -6.47. The lowest BCUT2D eigenvalue weighted by Crippen LogP contribution is -2.01. The molecule has 0 atom stereocenters. The van der Waals surface area contributed by atoms with Crippen LogP contribution in [0, 0.1) is 0 Å². The average Bonchev–Trinajstić information content (AvgIpc) is 3.92. The number of hydrogen-bond acceptors (Lipinski definition) is 6. The van der Waals surface area contributed by atoms with Crippen LogP contribution < -0.4 is 0 Å². The van der Waals surface area contributed by atoms with Crippen molar-refractivity contribution >= 4 is 107 Å². The first-order valence-electron chi connectivity index (χ1n) is 17.6. The van der Waals surface area contributed by atoms with Crippen molar-refractivity contribution in [3.8, 4) is 34.2 Å². The minimum atomic E-state index is 0.624. The van der Waals surface area contributed by atoms with Crippen LogP contribution in [0.2, 0.25) is 0 Å². The van der Waals surface area contributed by atoms with E-state index in [2.05, 4.69) is 133 Å². The Kier molecular flexibility index (Phi) is 6.06. The topological polar surface area (TPSA) is 51.8 Å². The zero-order valence-electron chi connectivity index (χ0n) is 28.0. The molecule has 0 fully saturated rings. The number of hydrogen-bond donors (Lipinski definition) is 0. The van der Waals surface area contributed by atoms with Crippen molar-refractivity contribution in [2.45, 2.75) is 0 Å². The summed E-state index contributed by atoms with van der Waals surface area (Å²) in [6, 6.07) is 53.6. The van der Waals surface area contributed by atoms with E-state index in [1.807, 2.05) is 40.9 Å². The number of aromatic nitrogens is 3. The molecule has 4 aromatic heterocycles. The highest BCUT2D eigenvalue weighted by molar-refractivity contribution is 7.27. The smallest absolute Gasteiger partial charge is 0.164 e. The molecule has 0 aliphatic heterocycles. The molecule has 0 unspecified atom stereocenters. The highest BCUT2D eigenvalue weighted by Gasteiger charge is 2.22. The first-order chi connectivity index (χ1) is 26.2. The Balaban J connectivity index is 1.22. The van der Waals surface area contributed by atoms with Crippen molar-refractivity contribution in [2.75, 3.05) is 0 Å². The van der Waals surface area contributed by atoms with Crippen LogP contribution in [0.25, 0.3) is 118 Å². The molecule has 0 N–H and O–H groups in total. The van der Waals surface area contributed by atoms with E-state index in [0.29, 0.717) is 17.5 Å². The Labute approximate surface area is 310 Å². The van der Waals surface area contributed by atoms with Crippen molar-refractivity contribution in [3.05, 3.63) is 152 Å². The zero-order chi connectivity index (χ0) is 34.6. The van der Waals surface area contributed by atoms with Gasteiger partial charge in [-0.15, -0.1) is 22.7 Å². The van der Waals surface area contributed by atoms with E-state index >= 15 is 0 Å². The van der Waals surface area contributed by atoms with Gasteiger partial charge in [-0.2, -0.15) is 0 Å². The van der Waals surface area contributed by atoms with Crippen LogP contribution in [0.15, 0.2) is 156 Å². The lowest BCUT2D eigenvalue weighted by atomic mass is 9.98. The van der Waals surface area contributed by atoms with Gasteiger partial charge in [0.2, 0.25) is 0 Å². The Morgan fingerprint density at radius 1 is 0.377 bits per heavy atom. The molecule has 0 saturated carbocycles. The molecule has 8 aromatic carbocycles. The molecule has 0 radical (unpaired) electrons. The van der Waals surface area contributed by atoms with Crippen molar-refractivity contribution in [3.63, 3.8) is 0 Å². The molecule has 0 aliphatic rings. The standard InChI is InChI=1S/C47H25N3OS2/c1-3-13-29-26(11-1)23-35(41-32-16-6-9-19-39(32)52-43(29)41)46-48-45(28-21-22-38-34(25-28)31-15-5-8-18-37(31)51-38)49-47(50-46)36-24-27-12-2-4-14-30(27)44-42(36)33-17-7-10-20-40(33)53-44/h1-25H. The van der Waals surface area contributed by atoms with Gasteiger partial charge in [-0.1, -0.05) is 103 Å². The fourth-order valence-corrected chi connectivity index (χ4v) is 10.6. The van der Waals surface area contributed by atoms with E-state index in [9.17, 15) is 0 Å². The van der Waals surface area contributed by atoms with Crippen LogP contribution in [0.5, 0.6) is 0 Å². The molecule has 0 bridgehead atoms. The maximum atomic E-state index is 6.22. The van der Waals surface area contributed by atoms with E-state index in [0.717, 1.165) is 49.4 Å². The van der Waals surface area contributed by atoms with Crippen LogP contribution in [-0.4, -0.2) is 15.0 Å². The van der Waals surface area contributed by atoms with Crippen molar-refractivity contribution in [2.24, 2.45) is 0 Å². The lowest BCUT2D eigenvalue weighted by molar-refractivity contribution is 0.669. The summed E-state index contributed by atoms with van der Waals surface area (Å²) in [5, 5.41) is 11.7. The molecule has 4 heterocycles. The SMILES string of the molecule is c1ccc2c(c1)cc(-c1nc(-c3ccc4oc5ccccc5c4c3)nc(-c3cc4ccccc4c4sc5ccccc5c34)n1)c1c3ccccc3sc21. The molecule has 6 heteroatoms. The summed E-state index contributed by atoms with van der Waals surface area (Å²) in [4.78, 5) is 16.2. The molecule has 0 amide bonds. The minimum absolute atomic E-state index is 0.624. The van der Waals surface area contributed by atoms with Gasteiger partial charge in [0, 0.05) is 67.8 Å². The maximum Gasteiger partial charge on any atom is 0.164 e. The fourth-order valence-electron chi connectivity index (χ4n) is 8.08. The van der Waals surface area contributed by atoms with E-state index in [1.165, 1.54) is 51.1 Å². The van der Waals surface area contributed by atoms with Crippen LogP contribution >= 0.6 is 22.7 Å². The second kappa shape index (κ2) is 11.0. The molecule has 4 nitrogen and oxygen atoms in total. The van der Waals surface area contributed by atoms with E-state index < -0.39 is 0 Å². The van der Waals surface area contributed by atoms with E-state index in [4.69, 9.17) is 19.4 Å². The highest BCUT2D eigenvalue weighted by Crippen LogP contribution is 2.46. The van der Waals surface area contributed by atoms with Crippen LogP contribution in [0.4, 0.5) is 0 Å². The van der Waals surface area contributed by atoms with Gasteiger partial charge >= 0.3 is 0 Å². The third-order valence-electron chi connectivity index (χ3n) is 10.5. The summed E-state index contributed by atoms with van der Waals surface area (Å²) < 4.78 is 11.2. The van der Waals surface area contributed by atoms with E-state index in [-0.39, 0.29) is 0 Å². The lowest BCUT2D eigenvalue weighted by Gasteiger charge is -2.13. The van der Waals surface area contributed by atoms with Gasteiger partial charge in [0.1, 0.15) is 11.2 Å². The third kappa shape index (κ3) is 4.31. The molecule has 246 valence electrons. The van der Waals surface area contributed by atoms with Gasteiger partial charge in [-0.25, -0.2) is 15.0 Å². The Bertz CT molecular complexity index is 3310. The van der Waals surface area contributed by atoms with Crippen molar-refractivity contribution < 1.29 is 4.42 Å². The second-order valence-electron chi connectivity index (χ2n) is 13.5. The van der Waals surface area contributed by atoms with Gasteiger partial charge in [0.05, 0.1) is 0 Å². The molecule has 12 rings (SSSR count). The summed E-state index contributed by atoms with van der Waals surface area (Å²) in [6.07, 6.45) is 0. The first-order valence-corrected chi connectivity index (χ1v) is 19.2.